The van der Waals surface area contributed by atoms with E-state index in [4.69, 9.17) is 9.26 Å². The van der Waals surface area contributed by atoms with Gasteiger partial charge in [0.05, 0.1) is 36.6 Å². The molecule has 2 aromatic heterocycles. The lowest BCUT2D eigenvalue weighted by atomic mass is 9.99. The number of anilines is 2. The van der Waals surface area contributed by atoms with Crippen molar-refractivity contribution < 1.29 is 28.8 Å². The van der Waals surface area contributed by atoms with Crippen LogP contribution in [0, 0.1) is 19.8 Å². The van der Waals surface area contributed by atoms with Gasteiger partial charge in [0.15, 0.2) is 11.5 Å². The van der Waals surface area contributed by atoms with Crippen LogP contribution in [0.2, 0.25) is 0 Å². The van der Waals surface area contributed by atoms with E-state index in [1.54, 1.807) is 50.9 Å². The molecule has 0 bridgehead atoms. The van der Waals surface area contributed by atoms with Crippen molar-refractivity contribution in [3.63, 3.8) is 0 Å². The van der Waals surface area contributed by atoms with Crippen LogP contribution in [0.25, 0.3) is 0 Å². The molecule has 0 aliphatic carbocycles. The number of hydrogen-bond donors (Lipinski definition) is 3. The van der Waals surface area contributed by atoms with Crippen LogP contribution < -0.4 is 15.4 Å². The van der Waals surface area contributed by atoms with Gasteiger partial charge in [0.1, 0.15) is 23.2 Å². The first-order valence-corrected chi connectivity index (χ1v) is 12.8. The Hall–Kier alpha value is -4.52. The molecule has 4 rings (SSSR count). The number of hydrogen-bond acceptors (Lipinski definition) is 9. The summed E-state index contributed by atoms with van der Waals surface area (Å²) >= 11 is 0. The zero-order chi connectivity index (χ0) is 29.0. The lowest BCUT2D eigenvalue weighted by molar-refractivity contribution is 0.0372. The van der Waals surface area contributed by atoms with E-state index in [2.05, 4.69) is 25.8 Å². The van der Waals surface area contributed by atoms with Crippen molar-refractivity contribution in [1.29, 1.82) is 0 Å². The summed E-state index contributed by atoms with van der Waals surface area (Å²) in [5.41, 5.74) is 1.63. The van der Waals surface area contributed by atoms with Gasteiger partial charge in [-0.15, -0.1) is 0 Å². The van der Waals surface area contributed by atoms with Gasteiger partial charge < -0.3 is 34.8 Å². The van der Waals surface area contributed by atoms with Crippen LogP contribution in [0.3, 0.4) is 0 Å². The van der Waals surface area contributed by atoms with Gasteiger partial charge >= 0.3 is 6.03 Å². The largest absolute Gasteiger partial charge is 0.485 e. The number of aliphatic hydroxyl groups is 1. The van der Waals surface area contributed by atoms with E-state index in [-0.39, 0.29) is 54.2 Å². The Morgan fingerprint density at radius 1 is 1.25 bits per heavy atom. The zero-order valence-electron chi connectivity index (χ0n) is 23.0. The van der Waals surface area contributed by atoms with Crippen molar-refractivity contribution in [2.24, 2.45) is 5.92 Å². The minimum atomic E-state index is -0.588. The average Bonchev–Trinajstić information content (AvgIpc) is 3.27. The van der Waals surface area contributed by atoms with Crippen LogP contribution in [0.15, 0.2) is 41.3 Å². The number of aromatic nitrogens is 3. The van der Waals surface area contributed by atoms with Crippen LogP contribution in [0.1, 0.15) is 46.1 Å². The van der Waals surface area contributed by atoms with Crippen LogP contribution >= 0.6 is 0 Å². The highest BCUT2D eigenvalue weighted by Crippen LogP contribution is 2.35. The van der Waals surface area contributed by atoms with Crippen molar-refractivity contribution in [3.8, 4) is 5.75 Å². The number of likely N-dealkylation sites (N-methyl/N-ethyl adjacent to an activating group) is 1. The molecule has 3 atom stereocenters. The third kappa shape index (κ3) is 6.04. The Balaban J connectivity index is 1.66. The van der Waals surface area contributed by atoms with Crippen molar-refractivity contribution in [1.82, 2.24) is 24.9 Å². The highest BCUT2D eigenvalue weighted by atomic mass is 16.5. The number of nitrogens with zero attached hydrogens (tertiary/aromatic N) is 5. The number of carbonyl (C=O) groups is 3. The predicted octanol–water partition coefficient (Wildman–Crippen LogP) is 2.72. The lowest BCUT2D eigenvalue weighted by Gasteiger charge is -2.38. The Bertz CT molecular complexity index is 1360. The van der Waals surface area contributed by atoms with Gasteiger partial charge in [0.25, 0.3) is 11.8 Å². The Labute approximate surface area is 231 Å². The summed E-state index contributed by atoms with van der Waals surface area (Å²) in [6.07, 6.45) is 3.60. The topological polar surface area (TPSA) is 163 Å². The van der Waals surface area contributed by atoms with Gasteiger partial charge in [-0.1, -0.05) is 18.1 Å². The van der Waals surface area contributed by atoms with Crippen molar-refractivity contribution in [3.05, 3.63) is 59.5 Å². The van der Waals surface area contributed by atoms with E-state index in [1.807, 2.05) is 6.92 Å². The number of rotatable bonds is 7. The summed E-state index contributed by atoms with van der Waals surface area (Å²) in [6.45, 7) is 7.29. The van der Waals surface area contributed by atoms with Crippen LogP contribution in [0.4, 0.5) is 16.2 Å². The Kier molecular flexibility index (Phi) is 8.63. The molecule has 0 saturated heterocycles. The van der Waals surface area contributed by atoms with Crippen LogP contribution in [-0.2, 0) is 0 Å². The second-order valence-electron chi connectivity index (χ2n) is 9.86. The minimum Gasteiger partial charge on any atom is -0.485 e. The van der Waals surface area contributed by atoms with Crippen molar-refractivity contribution in [2.75, 3.05) is 37.4 Å². The lowest BCUT2D eigenvalue weighted by Crippen LogP contribution is -2.50. The summed E-state index contributed by atoms with van der Waals surface area (Å²) in [7, 11) is 1.63. The van der Waals surface area contributed by atoms with Gasteiger partial charge in [0.2, 0.25) is 0 Å². The number of urea groups is 1. The fraction of sp³-hybridized carbons (Fsp3) is 0.407. The number of benzene rings is 1. The summed E-state index contributed by atoms with van der Waals surface area (Å²) in [5, 5.41) is 19.3. The first-order valence-electron chi connectivity index (χ1n) is 12.8. The van der Waals surface area contributed by atoms with Crippen molar-refractivity contribution >= 4 is 29.2 Å². The molecule has 1 aliphatic rings. The van der Waals surface area contributed by atoms with Crippen molar-refractivity contribution in [2.45, 2.75) is 39.8 Å². The molecule has 0 radical (unpaired) electrons. The molecule has 3 N–H and O–H groups in total. The molecule has 3 aromatic rings. The molecule has 3 heterocycles. The number of para-hydroxylation sites is 1. The molecule has 1 aliphatic heterocycles. The number of aliphatic hydroxyl groups excluding tert-OH is 1. The number of fused-ring (bicyclic) bond motifs is 1. The van der Waals surface area contributed by atoms with E-state index >= 15 is 0 Å². The summed E-state index contributed by atoms with van der Waals surface area (Å²) in [4.78, 5) is 50.6. The fourth-order valence-corrected chi connectivity index (χ4v) is 4.38. The molecule has 40 heavy (non-hydrogen) atoms. The number of nitrogens with one attached hydrogen (secondary N) is 2. The molecule has 13 heteroatoms. The van der Waals surface area contributed by atoms with Gasteiger partial charge in [-0.3, -0.25) is 14.6 Å². The fourth-order valence-electron chi connectivity index (χ4n) is 4.38. The molecule has 212 valence electrons. The molecular weight excluding hydrogens is 518 g/mol. The van der Waals surface area contributed by atoms with E-state index < -0.39 is 24.1 Å². The van der Waals surface area contributed by atoms with Gasteiger partial charge in [-0.2, -0.15) is 0 Å². The maximum absolute atomic E-state index is 13.6. The van der Waals surface area contributed by atoms with E-state index in [9.17, 15) is 19.5 Å². The Morgan fingerprint density at radius 3 is 2.67 bits per heavy atom. The summed E-state index contributed by atoms with van der Waals surface area (Å²) in [6, 6.07) is 4.00. The standard InChI is InChI=1S/C27H33N7O6/c1-15-12-34(16(2)14-35)26(37)19-7-6-8-20(30-25(36)21-11-28-9-10-29-21)24(19)39-22(15)13-33(5)27(38)31-23-17(3)32-40-18(23)4/h6-11,15-16,22,35H,12-14H2,1-5H3,(H,30,36)(H,31,38)/t15-,16+,22-/m1/s1. The highest BCUT2D eigenvalue weighted by molar-refractivity contribution is 6.06. The molecule has 4 amide bonds. The number of aryl methyl sites for hydroxylation is 2. The number of ether oxygens (including phenoxy) is 1. The normalized spacial score (nSPS) is 17.6. The van der Waals surface area contributed by atoms with Crippen LogP contribution in [0.5, 0.6) is 5.75 Å². The molecule has 0 saturated carbocycles. The summed E-state index contributed by atoms with van der Waals surface area (Å²) in [5.74, 6) is -0.484. The predicted molar refractivity (Wildman–Crippen MR) is 145 cm³/mol. The first-order chi connectivity index (χ1) is 19.1. The van der Waals surface area contributed by atoms with Gasteiger partial charge in [-0.05, 0) is 32.9 Å². The van der Waals surface area contributed by atoms with Crippen LogP contribution in [-0.4, -0.2) is 86.8 Å². The maximum atomic E-state index is 13.6. The van der Waals surface area contributed by atoms with E-state index in [0.29, 0.717) is 17.1 Å². The first kappa shape index (κ1) is 28.5. The second-order valence-corrected chi connectivity index (χ2v) is 9.86. The van der Waals surface area contributed by atoms with Gasteiger partial charge in [-0.25, -0.2) is 9.78 Å². The third-order valence-electron chi connectivity index (χ3n) is 6.80. The number of amides is 4. The number of carbonyl (C=O) groups excluding carboxylic acids is 3. The molecule has 0 unspecified atom stereocenters. The molecule has 0 fully saturated rings. The van der Waals surface area contributed by atoms with E-state index in [0.717, 1.165) is 0 Å². The molecular formula is C27H33N7O6. The SMILES string of the molecule is Cc1noc(C)c1NC(=O)N(C)C[C@H]1Oc2c(NC(=O)c3cnccn3)cccc2C(=O)N([C@@H](C)CO)C[C@H]1C. The second kappa shape index (κ2) is 12.1. The highest BCUT2D eigenvalue weighted by Gasteiger charge is 2.35. The molecule has 0 spiro atoms. The zero-order valence-corrected chi connectivity index (χ0v) is 23.0. The monoisotopic (exact) mass is 551 g/mol. The van der Waals surface area contributed by atoms with Gasteiger partial charge in [0, 0.05) is 31.9 Å². The minimum absolute atomic E-state index is 0.0912. The quantitative estimate of drug-likeness (QED) is 0.401. The molecule has 13 nitrogen and oxygen atoms in total. The smallest absolute Gasteiger partial charge is 0.321 e. The Morgan fingerprint density at radius 2 is 2.02 bits per heavy atom. The average molecular weight is 552 g/mol. The third-order valence-corrected chi connectivity index (χ3v) is 6.80. The molecule has 1 aromatic carbocycles. The maximum Gasteiger partial charge on any atom is 0.321 e. The summed E-state index contributed by atoms with van der Waals surface area (Å²) < 4.78 is 11.6. The van der Waals surface area contributed by atoms with E-state index in [1.165, 1.54) is 23.5 Å².